The molecule has 0 bridgehead atoms. The van der Waals surface area contributed by atoms with Crippen LogP contribution in [0.4, 0.5) is 0 Å². The summed E-state index contributed by atoms with van der Waals surface area (Å²) < 4.78 is 2.30. The van der Waals surface area contributed by atoms with Gasteiger partial charge in [0.1, 0.15) is 0 Å². The first-order chi connectivity index (χ1) is 15.0. The Labute approximate surface area is 190 Å². The van der Waals surface area contributed by atoms with E-state index < -0.39 is 0 Å². The zero-order chi connectivity index (χ0) is 22.1. The predicted molar refractivity (Wildman–Crippen MR) is 129 cm³/mol. The number of aryl methyl sites for hydroxylation is 1. The summed E-state index contributed by atoms with van der Waals surface area (Å²) in [5, 5.41) is 7.33. The van der Waals surface area contributed by atoms with Crippen LogP contribution in [0.15, 0.2) is 31.6 Å². The molecule has 5 rings (SSSR count). The molecule has 0 radical (unpaired) electrons. The van der Waals surface area contributed by atoms with Gasteiger partial charge in [0.2, 0.25) is 0 Å². The maximum Gasteiger partial charge on any atom is 0.0945 e. The molecule has 1 aromatic heterocycles. The Morgan fingerprint density at radius 1 is 1.06 bits per heavy atom. The van der Waals surface area contributed by atoms with Gasteiger partial charge < -0.3 is 9.67 Å². The van der Waals surface area contributed by atoms with Crippen molar-refractivity contribution in [2.75, 3.05) is 0 Å². The van der Waals surface area contributed by atoms with Gasteiger partial charge in [0.05, 0.1) is 12.6 Å². The van der Waals surface area contributed by atoms with E-state index in [9.17, 15) is 0 Å². The Kier molecular flexibility index (Phi) is 6.89. The van der Waals surface area contributed by atoms with Crippen molar-refractivity contribution < 1.29 is 5.11 Å². The zero-order valence-electron chi connectivity index (χ0n) is 20.3. The number of imidazole rings is 1. The van der Waals surface area contributed by atoms with E-state index in [0.29, 0.717) is 10.8 Å². The number of aromatic nitrogens is 2. The Balaban J connectivity index is 0.000000730. The molecular formula is C28H46N2O. The molecule has 4 fully saturated rings. The molecule has 0 amide bonds. The van der Waals surface area contributed by atoms with Crippen LogP contribution in [0.2, 0.25) is 0 Å². The summed E-state index contributed by atoms with van der Waals surface area (Å²) in [5.74, 6) is 6.05. The lowest BCUT2D eigenvalue weighted by Crippen LogP contribution is -2.55. The van der Waals surface area contributed by atoms with Crippen molar-refractivity contribution in [3.63, 3.8) is 0 Å². The fourth-order valence-corrected chi connectivity index (χ4v) is 9.33. The average molecular weight is 427 g/mol. The van der Waals surface area contributed by atoms with Crippen LogP contribution in [0.1, 0.15) is 91.4 Å². The van der Waals surface area contributed by atoms with Gasteiger partial charge in [-0.05, 0) is 97.7 Å². The summed E-state index contributed by atoms with van der Waals surface area (Å²) in [4.78, 5) is 4.25. The predicted octanol–water partition coefficient (Wildman–Crippen LogP) is 7.65. The van der Waals surface area contributed by atoms with Crippen LogP contribution in [0.5, 0.6) is 0 Å². The zero-order valence-corrected chi connectivity index (χ0v) is 20.3. The molecule has 3 heteroatoms. The molecule has 4 saturated carbocycles. The van der Waals surface area contributed by atoms with Crippen molar-refractivity contribution in [3.8, 4) is 0 Å². The van der Waals surface area contributed by atoms with Gasteiger partial charge in [-0.1, -0.05) is 46.6 Å². The normalized spacial score (nSPS) is 43.7. The van der Waals surface area contributed by atoms with Gasteiger partial charge in [-0.3, -0.25) is 0 Å². The van der Waals surface area contributed by atoms with E-state index in [1.165, 1.54) is 70.8 Å². The topological polar surface area (TPSA) is 38.0 Å². The number of nitrogens with zero attached hydrogens (tertiary/aromatic N) is 2. The van der Waals surface area contributed by atoms with E-state index >= 15 is 0 Å². The third kappa shape index (κ3) is 4.00. The van der Waals surface area contributed by atoms with Gasteiger partial charge in [-0.15, -0.1) is 0 Å². The van der Waals surface area contributed by atoms with Gasteiger partial charge in [-0.2, -0.15) is 0 Å². The Morgan fingerprint density at radius 2 is 1.84 bits per heavy atom. The smallest absolute Gasteiger partial charge is 0.0945 e. The largest absolute Gasteiger partial charge is 0.516 e. The van der Waals surface area contributed by atoms with Gasteiger partial charge in [0.25, 0.3) is 0 Å². The number of rotatable bonds is 4. The van der Waals surface area contributed by atoms with Gasteiger partial charge >= 0.3 is 0 Å². The maximum atomic E-state index is 7.33. The van der Waals surface area contributed by atoms with Crippen LogP contribution < -0.4 is 0 Å². The third-order valence-electron chi connectivity index (χ3n) is 10.8. The average Bonchev–Trinajstić information content (AvgIpc) is 3.39. The molecule has 8 atom stereocenters. The van der Waals surface area contributed by atoms with Gasteiger partial charge in [0.15, 0.2) is 0 Å². The minimum Gasteiger partial charge on any atom is -0.516 e. The van der Waals surface area contributed by atoms with E-state index in [4.69, 9.17) is 5.11 Å². The van der Waals surface area contributed by atoms with Crippen LogP contribution in [-0.4, -0.2) is 14.7 Å². The number of fused-ring (bicyclic) bond motifs is 5. The van der Waals surface area contributed by atoms with E-state index in [1.54, 1.807) is 6.42 Å². The maximum absolute atomic E-state index is 7.33. The fourth-order valence-electron chi connectivity index (χ4n) is 9.33. The molecule has 1 aromatic rings. The fraction of sp³-hybridized carbons (Fsp3) is 0.821. The molecule has 174 valence electrons. The highest BCUT2D eigenvalue weighted by molar-refractivity contribution is 5.10. The summed E-state index contributed by atoms with van der Waals surface area (Å²) >= 11 is 0. The molecule has 4 aliphatic carbocycles. The van der Waals surface area contributed by atoms with Crippen molar-refractivity contribution in [1.82, 2.24) is 9.55 Å². The van der Waals surface area contributed by atoms with Crippen LogP contribution >= 0.6 is 0 Å². The lowest BCUT2D eigenvalue weighted by Gasteiger charge is -2.62. The minimum atomic E-state index is 0.609. The first kappa shape index (κ1) is 22.9. The molecule has 0 saturated heterocycles. The minimum absolute atomic E-state index is 0.609. The third-order valence-corrected chi connectivity index (χ3v) is 10.8. The molecule has 0 aromatic carbocycles. The van der Waals surface area contributed by atoms with Crippen LogP contribution in [-0.2, 0) is 6.54 Å². The van der Waals surface area contributed by atoms with E-state index in [-0.39, 0.29) is 0 Å². The van der Waals surface area contributed by atoms with Gasteiger partial charge in [-0.25, -0.2) is 4.98 Å². The Bertz CT molecular complexity index is 715. The van der Waals surface area contributed by atoms with Crippen molar-refractivity contribution in [2.45, 2.75) is 97.9 Å². The number of hydrogen-bond donors (Lipinski definition) is 1. The molecule has 6 unspecified atom stereocenters. The highest BCUT2D eigenvalue weighted by Crippen LogP contribution is 2.69. The van der Waals surface area contributed by atoms with E-state index in [1.807, 2.05) is 12.5 Å². The Morgan fingerprint density at radius 3 is 2.55 bits per heavy atom. The molecule has 31 heavy (non-hydrogen) atoms. The molecule has 4 aliphatic rings. The molecule has 1 N–H and O–H groups in total. The van der Waals surface area contributed by atoms with Gasteiger partial charge in [0, 0.05) is 18.9 Å². The second-order valence-corrected chi connectivity index (χ2v) is 11.7. The van der Waals surface area contributed by atoms with Crippen molar-refractivity contribution >= 4 is 0 Å². The van der Waals surface area contributed by atoms with Crippen molar-refractivity contribution in [2.24, 2.45) is 46.3 Å². The Hall–Kier alpha value is -1.25. The molecule has 0 aliphatic heterocycles. The highest BCUT2D eigenvalue weighted by Gasteiger charge is 2.60. The number of aliphatic hydroxyl groups excluding tert-OH is 1. The summed E-state index contributed by atoms with van der Waals surface area (Å²) in [6.45, 7) is 12.0. The molecule has 1 heterocycles. The van der Waals surface area contributed by atoms with E-state index in [2.05, 4.69) is 43.1 Å². The molecular weight excluding hydrogens is 380 g/mol. The lowest BCUT2D eigenvalue weighted by atomic mass is 9.42. The lowest BCUT2D eigenvalue weighted by molar-refractivity contribution is -0.135. The first-order valence-electron chi connectivity index (χ1n) is 13.2. The SMILES string of the molecule is C=CO.CC[C@H]1CC2C3CCC(CCn4ccnc4)C3(C)CC[C@@H]2C2(C)CCCCC12. The van der Waals surface area contributed by atoms with Crippen LogP contribution in [0, 0.1) is 46.3 Å². The summed E-state index contributed by atoms with van der Waals surface area (Å²) in [7, 11) is 0. The molecule has 3 nitrogen and oxygen atoms in total. The summed E-state index contributed by atoms with van der Waals surface area (Å²) in [6, 6.07) is 0. The molecule has 0 spiro atoms. The summed E-state index contributed by atoms with van der Waals surface area (Å²) in [5.41, 5.74) is 1.27. The second-order valence-electron chi connectivity index (χ2n) is 11.7. The monoisotopic (exact) mass is 426 g/mol. The quantitative estimate of drug-likeness (QED) is 0.502. The number of aliphatic hydroxyl groups is 1. The van der Waals surface area contributed by atoms with Crippen molar-refractivity contribution in [3.05, 3.63) is 31.6 Å². The standard InChI is InChI=1S/C26H42N2.C2H4O/c1-4-19-17-21-23-9-8-20(11-15-28-16-14-27-18-28)25(23,2)13-10-24(21)26(3)12-6-5-7-22(19)26;1-2-3/h14,16,18-24H,4-13,15,17H2,1-3H3;2-3H,1H2/t19-,20?,21?,22?,23?,24-,25?,26?;/m0./s1. The van der Waals surface area contributed by atoms with Crippen LogP contribution in [0.3, 0.4) is 0 Å². The number of hydrogen-bond acceptors (Lipinski definition) is 2. The van der Waals surface area contributed by atoms with Crippen molar-refractivity contribution in [1.29, 1.82) is 0 Å². The highest BCUT2D eigenvalue weighted by atomic mass is 16.2. The summed E-state index contributed by atoms with van der Waals surface area (Å²) in [6.07, 6.45) is 23.3. The van der Waals surface area contributed by atoms with E-state index in [0.717, 1.165) is 41.8 Å². The second kappa shape index (κ2) is 9.32. The first-order valence-corrected chi connectivity index (χ1v) is 13.2. The van der Waals surface area contributed by atoms with Crippen LogP contribution in [0.25, 0.3) is 0 Å².